The van der Waals surface area contributed by atoms with Gasteiger partial charge >= 0.3 is 0 Å². The number of aromatic hydroxyl groups is 1. The van der Waals surface area contributed by atoms with Crippen molar-refractivity contribution in [2.45, 2.75) is 33.7 Å². The number of rotatable bonds is 4. The number of phenolic OH excluding ortho intramolecular Hbond substituents is 1. The van der Waals surface area contributed by atoms with Crippen LogP contribution in [-0.4, -0.2) is 43.3 Å². The summed E-state index contributed by atoms with van der Waals surface area (Å²) in [5, 5.41) is 18.9. The molecule has 1 aliphatic rings. The monoisotopic (exact) mass is 436 g/mol. The third-order valence-corrected chi connectivity index (χ3v) is 6.00. The Bertz CT molecular complexity index is 1360. The Morgan fingerprint density at radius 3 is 2.84 bits per heavy atom. The summed E-state index contributed by atoms with van der Waals surface area (Å²) >= 11 is 0. The molecule has 166 valence electrons. The average molecular weight is 436 g/mol. The number of benzene rings is 1. The van der Waals surface area contributed by atoms with Crippen molar-refractivity contribution < 1.29 is 14.3 Å². The van der Waals surface area contributed by atoms with Gasteiger partial charge < -0.3 is 19.7 Å². The molecule has 0 aliphatic carbocycles. The fourth-order valence-electron chi connectivity index (χ4n) is 4.44. The highest BCUT2D eigenvalue weighted by atomic mass is 19.1. The van der Waals surface area contributed by atoms with E-state index in [-0.39, 0.29) is 22.6 Å². The molecule has 4 aromatic rings. The van der Waals surface area contributed by atoms with Gasteiger partial charge in [0.25, 0.3) is 5.91 Å². The third-order valence-electron chi connectivity index (χ3n) is 6.00. The predicted octanol–water partition coefficient (Wildman–Crippen LogP) is 3.96. The number of amides is 1. The van der Waals surface area contributed by atoms with Crippen LogP contribution in [0.3, 0.4) is 0 Å². The lowest BCUT2D eigenvalue weighted by Gasteiger charge is -2.20. The summed E-state index contributed by atoms with van der Waals surface area (Å²) < 4.78 is 17.7. The summed E-state index contributed by atoms with van der Waals surface area (Å²) in [7, 11) is 0. The molecule has 2 N–H and O–H groups in total. The summed E-state index contributed by atoms with van der Waals surface area (Å²) in [5.41, 5.74) is 2.50. The molecule has 0 saturated carbocycles. The second kappa shape index (κ2) is 7.51. The lowest BCUT2D eigenvalue weighted by atomic mass is 10.1. The minimum atomic E-state index is -0.550. The molecule has 4 heterocycles. The Morgan fingerprint density at radius 2 is 2.12 bits per heavy atom. The van der Waals surface area contributed by atoms with Crippen LogP contribution in [0.2, 0.25) is 0 Å². The molecule has 1 saturated heterocycles. The van der Waals surface area contributed by atoms with E-state index in [1.807, 2.05) is 13.1 Å². The van der Waals surface area contributed by atoms with Crippen molar-refractivity contribution in [2.24, 2.45) is 5.92 Å². The lowest BCUT2D eigenvalue weighted by molar-refractivity contribution is 0.102. The van der Waals surface area contributed by atoms with Crippen molar-refractivity contribution in [1.82, 2.24) is 19.2 Å². The van der Waals surface area contributed by atoms with Crippen LogP contribution in [0.15, 0.2) is 30.7 Å². The molecule has 1 aliphatic heterocycles. The van der Waals surface area contributed by atoms with Gasteiger partial charge in [0.1, 0.15) is 16.8 Å². The average Bonchev–Trinajstić information content (AvgIpc) is 3.45. The Hall–Kier alpha value is -3.62. The van der Waals surface area contributed by atoms with Gasteiger partial charge in [-0.3, -0.25) is 9.48 Å². The topological polar surface area (TPSA) is 87.7 Å². The highest BCUT2D eigenvalue weighted by molar-refractivity contribution is 6.16. The van der Waals surface area contributed by atoms with Crippen molar-refractivity contribution in [3.8, 4) is 5.75 Å². The van der Waals surface area contributed by atoms with E-state index < -0.39 is 11.7 Å². The lowest BCUT2D eigenvalue weighted by Crippen LogP contribution is -2.20. The molecular weight excluding hydrogens is 411 g/mol. The van der Waals surface area contributed by atoms with E-state index in [1.54, 1.807) is 30.1 Å². The molecule has 9 heteroatoms. The minimum Gasteiger partial charge on any atom is -0.507 e. The number of fused-ring (bicyclic) bond motifs is 2. The second-order valence-corrected chi connectivity index (χ2v) is 8.52. The van der Waals surface area contributed by atoms with E-state index >= 15 is 0 Å². The maximum atomic E-state index is 14.4. The fourth-order valence-corrected chi connectivity index (χ4v) is 4.44. The van der Waals surface area contributed by atoms with E-state index in [0.29, 0.717) is 23.7 Å². The number of hydrogen-bond donors (Lipinski definition) is 2. The summed E-state index contributed by atoms with van der Waals surface area (Å²) in [4.78, 5) is 19.6. The van der Waals surface area contributed by atoms with E-state index in [9.17, 15) is 14.3 Å². The molecular formula is C23H25FN6O2. The highest BCUT2D eigenvalue weighted by Crippen LogP contribution is 2.37. The van der Waals surface area contributed by atoms with Crippen LogP contribution in [0, 0.1) is 18.7 Å². The standard InChI is InChI=1S/C23H25FN6O2/c1-4-30-12-16-18(28-6-5-13(2)9-28)8-19(31)20(21(16)27-30)23(32)26-15-7-17(24)22-25-14(3)10-29(22)11-15/h7-8,10-13,31H,4-6,9H2,1-3H3,(H,26,32)/t13-/m0/s1. The van der Waals surface area contributed by atoms with Crippen molar-refractivity contribution in [3.05, 3.63) is 47.8 Å². The first-order valence-corrected chi connectivity index (χ1v) is 10.8. The zero-order chi connectivity index (χ0) is 22.6. The molecule has 32 heavy (non-hydrogen) atoms. The number of pyridine rings is 1. The van der Waals surface area contributed by atoms with E-state index in [2.05, 4.69) is 27.2 Å². The SMILES string of the molecule is CCn1cc2c(N3CC[C@H](C)C3)cc(O)c(C(=O)Nc3cc(F)c4nc(C)cn4c3)c2n1. The maximum Gasteiger partial charge on any atom is 0.261 e. The summed E-state index contributed by atoms with van der Waals surface area (Å²) in [6, 6.07) is 2.86. The molecule has 0 spiro atoms. The van der Waals surface area contributed by atoms with Crippen LogP contribution in [0.25, 0.3) is 16.6 Å². The van der Waals surface area contributed by atoms with Gasteiger partial charge in [0.15, 0.2) is 11.5 Å². The molecule has 1 amide bonds. The Balaban J connectivity index is 1.57. The molecule has 0 unspecified atom stereocenters. The summed E-state index contributed by atoms with van der Waals surface area (Å²) in [5.74, 6) is -0.677. The number of nitrogens with one attached hydrogen (secondary N) is 1. The summed E-state index contributed by atoms with van der Waals surface area (Å²) in [6.07, 6.45) is 6.26. The smallest absolute Gasteiger partial charge is 0.261 e. The first-order valence-electron chi connectivity index (χ1n) is 10.8. The van der Waals surface area contributed by atoms with Crippen LogP contribution in [0.5, 0.6) is 5.75 Å². The number of carbonyl (C=O) groups is 1. The largest absolute Gasteiger partial charge is 0.507 e. The van der Waals surface area contributed by atoms with Gasteiger partial charge in [0, 0.05) is 55.7 Å². The number of aryl methyl sites for hydroxylation is 2. The third kappa shape index (κ3) is 3.34. The minimum absolute atomic E-state index is 0.0745. The molecule has 5 rings (SSSR count). The van der Waals surface area contributed by atoms with Crippen molar-refractivity contribution in [2.75, 3.05) is 23.3 Å². The zero-order valence-corrected chi connectivity index (χ0v) is 18.3. The molecule has 0 radical (unpaired) electrons. The first-order chi connectivity index (χ1) is 15.3. The van der Waals surface area contributed by atoms with Crippen molar-refractivity contribution in [3.63, 3.8) is 0 Å². The second-order valence-electron chi connectivity index (χ2n) is 8.52. The van der Waals surface area contributed by atoms with Gasteiger partial charge in [-0.05, 0) is 26.2 Å². The van der Waals surface area contributed by atoms with Crippen LogP contribution in [-0.2, 0) is 6.54 Å². The molecule has 1 atom stereocenters. The van der Waals surface area contributed by atoms with E-state index in [1.165, 1.54) is 10.5 Å². The fraction of sp³-hybridized carbons (Fsp3) is 0.348. The van der Waals surface area contributed by atoms with Crippen LogP contribution < -0.4 is 10.2 Å². The van der Waals surface area contributed by atoms with E-state index in [0.717, 1.165) is 30.6 Å². The Kier molecular flexibility index (Phi) is 4.76. The number of imidazole rings is 1. The van der Waals surface area contributed by atoms with Crippen LogP contribution in [0.1, 0.15) is 36.3 Å². The van der Waals surface area contributed by atoms with E-state index in [4.69, 9.17) is 0 Å². The first kappa shape index (κ1) is 20.3. The zero-order valence-electron chi connectivity index (χ0n) is 18.3. The van der Waals surface area contributed by atoms with Crippen LogP contribution in [0.4, 0.5) is 15.8 Å². The molecule has 1 aromatic carbocycles. The normalized spacial score (nSPS) is 16.4. The number of anilines is 2. The van der Waals surface area contributed by atoms with Crippen molar-refractivity contribution in [1.29, 1.82) is 0 Å². The van der Waals surface area contributed by atoms with Gasteiger partial charge in [0.2, 0.25) is 0 Å². The predicted molar refractivity (Wildman–Crippen MR) is 121 cm³/mol. The van der Waals surface area contributed by atoms with Crippen molar-refractivity contribution >= 4 is 33.8 Å². The molecule has 8 nitrogen and oxygen atoms in total. The number of halogens is 1. The molecule has 1 fully saturated rings. The molecule has 0 bridgehead atoms. The number of phenols is 1. The number of nitrogens with zero attached hydrogens (tertiary/aromatic N) is 5. The van der Waals surface area contributed by atoms with Gasteiger partial charge in [-0.1, -0.05) is 6.92 Å². The van der Waals surface area contributed by atoms with Gasteiger partial charge in [0.05, 0.1) is 17.1 Å². The highest BCUT2D eigenvalue weighted by Gasteiger charge is 2.26. The van der Waals surface area contributed by atoms with Gasteiger partial charge in [-0.2, -0.15) is 5.10 Å². The Morgan fingerprint density at radius 1 is 1.31 bits per heavy atom. The number of aromatic nitrogens is 4. The van der Waals surface area contributed by atoms with Crippen LogP contribution >= 0.6 is 0 Å². The summed E-state index contributed by atoms with van der Waals surface area (Å²) in [6.45, 7) is 8.35. The number of carbonyl (C=O) groups excluding carboxylic acids is 1. The van der Waals surface area contributed by atoms with Gasteiger partial charge in [-0.15, -0.1) is 0 Å². The number of hydrogen-bond acceptors (Lipinski definition) is 5. The molecule has 3 aromatic heterocycles. The quantitative estimate of drug-likeness (QED) is 0.506. The Labute approximate surface area is 184 Å². The maximum absolute atomic E-state index is 14.4. The van der Waals surface area contributed by atoms with Gasteiger partial charge in [-0.25, -0.2) is 9.37 Å².